The molecule has 2 rings (SSSR count). The van der Waals surface area contributed by atoms with E-state index in [1.165, 1.54) is 0 Å². The maximum absolute atomic E-state index is 11.9. The van der Waals surface area contributed by atoms with Gasteiger partial charge in [0.15, 0.2) is 0 Å². The van der Waals surface area contributed by atoms with Gasteiger partial charge in [0.05, 0.1) is 12.6 Å². The van der Waals surface area contributed by atoms with Crippen LogP contribution in [0.2, 0.25) is 0 Å². The lowest BCUT2D eigenvalue weighted by Gasteiger charge is -2.38. The number of ether oxygens (including phenoxy) is 1. The van der Waals surface area contributed by atoms with Crippen LogP contribution in [-0.2, 0) is 4.74 Å². The van der Waals surface area contributed by atoms with Crippen molar-refractivity contribution in [3.05, 3.63) is 0 Å². The van der Waals surface area contributed by atoms with Crippen LogP contribution in [0.4, 0.5) is 4.79 Å². The number of carbonyl (C=O) groups is 1. The highest BCUT2D eigenvalue weighted by Gasteiger charge is 2.41. The molecule has 5 heteroatoms. The molecule has 1 unspecified atom stereocenters. The summed E-state index contributed by atoms with van der Waals surface area (Å²) >= 11 is 0. The third kappa shape index (κ3) is 2.90. The predicted octanol–water partition coefficient (Wildman–Crippen LogP) is 0.434. The number of aliphatic hydroxyl groups excluding tert-OH is 1. The van der Waals surface area contributed by atoms with Crippen LogP contribution in [0, 0.1) is 11.8 Å². The minimum absolute atomic E-state index is 0.286. The van der Waals surface area contributed by atoms with Gasteiger partial charge in [-0.3, -0.25) is 0 Å². The zero-order valence-electron chi connectivity index (χ0n) is 10.8. The second kappa shape index (κ2) is 4.46. The predicted molar refractivity (Wildman–Crippen MR) is 63.7 cm³/mol. The quantitative estimate of drug-likeness (QED) is 0.647. The monoisotopic (exact) mass is 242 g/mol. The number of likely N-dealkylation sites (tertiary alicyclic amines) is 1. The maximum Gasteiger partial charge on any atom is 0.410 e. The fraction of sp³-hybridized carbons (Fsp3) is 0.917. The molecule has 98 valence electrons. The molecule has 0 spiro atoms. The Morgan fingerprint density at radius 1 is 1.35 bits per heavy atom. The number of aliphatic hydroxyl groups is 1. The van der Waals surface area contributed by atoms with Crippen molar-refractivity contribution in [3.8, 4) is 0 Å². The number of nitrogens with zero attached hydrogens (tertiary/aromatic N) is 1. The molecule has 1 amide bonds. The Balaban J connectivity index is 1.96. The number of hydrogen-bond acceptors (Lipinski definition) is 4. The minimum Gasteiger partial charge on any atom is -0.444 e. The van der Waals surface area contributed by atoms with Crippen LogP contribution < -0.4 is 5.32 Å². The molecule has 2 aliphatic heterocycles. The Morgan fingerprint density at radius 3 is 2.71 bits per heavy atom. The number of hydrogen-bond donors (Lipinski definition) is 2. The van der Waals surface area contributed by atoms with Crippen LogP contribution in [0.3, 0.4) is 0 Å². The van der Waals surface area contributed by atoms with Gasteiger partial charge < -0.3 is 20.1 Å². The largest absolute Gasteiger partial charge is 0.444 e. The van der Waals surface area contributed by atoms with Gasteiger partial charge in [-0.25, -0.2) is 4.79 Å². The summed E-state index contributed by atoms with van der Waals surface area (Å²) in [5.74, 6) is 0.639. The summed E-state index contributed by atoms with van der Waals surface area (Å²) in [7, 11) is 0. The molecule has 2 N–H and O–H groups in total. The lowest BCUT2D eigenvalue weighted by Crippen LogP contribution is -2.52. The van der Waals surface area contributed by atoms with Crippen LogP contribution in [-0.4, -0.2) is 54.0 Å². The molecule has 2 heterocycles. The van der Waals surface area contributed by atoms with Crippen molar-refractivity contribution in [2.24, 2.45) is 11.8 Å². The second-order valence-corrected chi connectivity index (χ2v) is 6.03. The van der Waals surface area contributed by atoms with Gasteiger partial charge in [-0.05, 0) is 26.7 Å². The zero-order valence-corrected chi connectivity index (χ0v) is 10.8. The molecular weight excluding hydrogens is 220 g/mol. The van der Waals surface area contributed by atoms with Gasteiger partial charge >= 0.3 is 6.09 Å². The van der Waals surface area contributed by atoms with Crippen molar-refractivity contribution in [1.29, 1.82) is 0 Å². The van der Waals surface area contributed by atoms with Gasteiger partial charge in [0.1, 0.15) is 5.60 Å². The topological polar surface area (TPSA) is 61.8 Å². The van der Waals surface area contributed by atoms with E-state index >= 15 is 0 Å². The molecular formula is C12H22N2O3. The fourth-order valence-corrected chi connectivity index (χ4v) is 2.60. The molecule has 2 fully saturated rings. The Bertz CT molecular complexity index is 301. The van der Waals surface area contributed by atoms with Gasteiger partial charge in [0.25, 0.3) is 0 Å². The van der Waals surface area contributed by atoms with Gasteiger partial charge in [-0.15, -0.1) is 0 Å². The molecule has 0 aromatic rings. The molecule has 0 radical (unpaired) electrons. The zero-order chi connectivity index (χ0) is 12.6. The van der Waals surface area contributed by atoms with Crippen molar-refractivity contribution < 1.29 is 14.6 Å². The summed E-state index contributed by atoms with van der Waals surface area (Å²) in [5.41, 5.74) is -0.479. The minimum atomic E-state index is -0.479. The first-order chi connectivity index (χ1) is 7.87. The summed E-state index contributed by atoms with van der Waals surface area (Å²) in [4.78, 5) is 13.5. The van der Waals surface area contributed by atoms with Crippen LogP contribution in [0.5, 0.6) is 0 Å². The highest BCUT2D eigenvalue weighted by Crippen LogP contribution is 2.27. The van der Waals surface area contributed by atoms with E-state index in [4.69, 9.17) is 4.74 Å². The highest BCUT2D eigenvalue weighted by molar-refractivity contribution is 5.68. The van der Waals surface area contributed by atoms with Crippen LogP contribution >= 0.6 is 0 Å². The number of piperidine rings is 1. The highest BCUT2D eigenvalue weighted by atomic mass is 16.6. The number of amides is 1. The van der Waals surface area contributed by atoms with Gasteiger partial charge in [-0.2, -0.15) is 0 Å². The Hall–Kier alpha value is -0.810. The normalized spacial score (nSPS) is 33.4. The number of rotatable bonds is 0. The van der Waals surface area contributed by atoms with Crippen molar-refractivity contribution in [1.82, 2.24) is 10.2 Å². The summed E-state index contributed by atoms with van der Waals surface area (Å²) in [6.45, 7) is 8.36. The van der Waals surface area contributed by atoms with Gasteiger partial charge in [-0.1, -0.05) is 0 Å². The summed E-state index contributed by atoms with van der Waals surface area (Å²) in [5, 5.41) is 13.3. The molecule has 0 saturated carbocycles. The maximum atomic E-state index is 11.9. The van der Waals surface area contributed by atoms with Gasteiger partial charge in [0, 0.05) is 25.6 Å². The molecule has 0 aromatic carbocycles. The SMILES string of the molecule is CC(C)(C)OC(=O)N1CC(O)[C@H]2CNC[C@H]2C1. The first-order valence-corrected chi connectivity index (χ1v) is 6.23. The Kier molecular flexibility index (Phi) is 3.32. The van der Waals surface area contributed by atoms with E-state index in [9.17, 15) is 9.90 Å². The lowest BCUT2D eigenvalue weighted by atomic mass is 9.86. The Labute approximate surface area is 102 Å². The lowest BCUT2D eigenvalue weighted by molar-refractivity contribution is -0.0219. The molecule has 5 nitrogen and oxygen atoms in total. The van der Waals surface area contributed by atoms with Gasteiger partial charge in [0.2, 0.25) is 0 Å². The Morgan fingerprint density at radius 2 is 2.06 bits per heavy atom. The van der Waals surface area contributed by atoms with Crippen LogP contribution in [0.1, 0.15) is 20.8 Å². The van der Waals surface area contributed by atoms with E-state index in [1.807, 2.05) is 20.8 Å². The molecule has 0 aromatic heterocycles. The number of fused-ring (bicyclic) bond motifs is 1. The average molecular weight is 242 g/mol. The molecule has 2 saturated heterocycles. The first kappa shape index (κ1) is 12.6. The van der Waals surface area contributed by atoms with E-state index in [2.05, 4.69) is 5.32 Å². The third-order valence-corrected chi connectivity index (χ3v) is 3.40. The third-order valence-electron chi connectivity index (χ3n) is 3.40. The van der Waals surface area contributed by atoms with Crippen molar-refractivity contribution in [2.45, 2.75) is 32.5 Å². The van der Waals surface area contributed by atoms with Crippen molar-refractivity contribution in [3.63, 3.8) is 0 Å². The number of nitrogens with one attached hydrogen (secondary N) is 1. The molecule has 2 aliphatic rings. The average Bonchev–Trinajstić information content (AvgIpc) is 2.63. The van der Waals surface area contributed by atoms with E-state index in [0.717, 1.165) is 13.1 Å². The smallest absolute Gasteiger partial charge is 0.410 e. The summed E-state index contributed by atoms with van der Waals surface area (Å²) in [6, 6.07) is 0. The summed E-state index contributed by atoms with van der Waals surface area (Å²) < 4.78 is 5.33. The van der Waals surface area contributed by atoms with E-state index in [-0.39, 0.29) is 12.0 Å². The number of carbonyl (C=O) groups excluding carboxylic acids is 1. The van der Waals surface area contributed by atoms with Crippen LogP contribution in [0.15, 0.2) is 0 Å². The van der Waals surface area contributed by atoms with E-state index < -0.39 is 11.7 Å². The fourth-order valence-electron chi connectivity index (χ4n) is 2.60. The molecule has 0 bridgehead atoms. The van der Waals surface area contributed by atoms with Crippen molar-refractivity contribution >= 4 is 6.09 Å². The van der Waals surface area contributed by atoms with Crippen LogP contribution in [0.25, 0.3) is 0 Å². The molecule has 0 aliphatic carbocycles. The van der Waals surface area contributed by atoms with Crippen molar-refractivity contribution in [2.75, 3.05) is 26.2 Å². The first-order valence-electron chi connectivity index (χ1n) is 6.23. The van der Waals surface area contributed by atoms with E-state index in [0.29, 0.717) is 19.0 Å². The second-order valence-electron chi connectivity index (χ2n) is 6.03. The number of β-amino-alcohol motifs (C(OH)–C–C–N with tert-alkyl or cyclic N) is 1. The standard InChI is InChI=1S/C12H22N2O3/c1-12(2,3)17-11(16)14-6-8-4-13-5-9(8)10(15)7-14/h8-10,13,15H,4-7H2,1-3H3/t8-,9-,10?/m0/s1. The molecule has 3 atom stereocenters. The van der Waals surface area contributed by atoms with E-state index in [1.54, 1.807) is 4.90 Å². The summed E-state index contributed by atoms with van der Waals surface area (Å²) in [6.07, 6.45) is -0.752. The molecule has 17 heavy (non-hydrogen) atoms.